The molecule has 4 nitrogen and oxygen atoms in total. The third kappa shape index (κ3) is 1.90. The van der Waals surface area contributed by atoms with Crippen molar-refractivity contribution in [1.82, 2.24) is 4.57 Å². The summed E-state index contributed by atoms with van der Waals surface area (Å²) in [5.41, 5.74) is 1.95. The molecule has 1 aromatic carbocycles. The molecule has 0 saturated carbocycles. The maximum absolute atomic E-state index is 11.8. The fourth-order valence-corrected chi connectivity index (χ4v) is 2.24. The number of fused-ring (bicyclic) bond motifs is 1. The summed E-state index contributed by atoms with van der Waals surface area (Å²) in [4.78, 5) is 22.9. The summed E-state index contributed by atoms with van der Waals surface area (Å²) in [5.74, 6) is -0.944. The maximum Gasteiger partial charge on any atom is 0.335 e. The monoisotopic (exact) mass is 245 g/mol. The highest BCUT2D eigenvalue weighted by Crippen LogP contribution is 2.20. The molecule has 0 aliphatic heterocycles. The Morgan fingerprint density at radius 2 is 2.00 bits per heavy atom. The van der Waals surface area contributed by atoms with Crippen LogP contribution in [0, 0.1) is 0 Å². The fourth-order valence-electron chi connectivity index (χ4n) is 2.24. The maximum atomic E-state index is 11.8. The molecule has 1 N–H and O–H groups in total. The molecule has 0 aliphatic carbocycles. The Hall–Kier alpha value is -2.10. The molecule has 0 fully saturated rings. The van der Waals surface area contributed by atoms with Gasteiger partial charge in [-0.15, -0.1) is 0 Å². The smallest absolute Gasteiger partial charge is 0.335 e. The zero-order valence-corrected chi connectivity index (χ0v) is 10.4. The minimum atomic E-state index is -0.944. The molecule has 1 heterocycles. The van der Waals surface area contributed by atoms with Crippen LogP contribution in [0.15, 0.2) is 29.1 Å². The summed E-state index contributed by atoms with van der Waals surface area (Å²) >= 11 is 0. The Morgan fingerprint density at radius 1 is 1.28 bits per heavy atom. The van der Waals surface area contributed by atoms with Gasteiger partial charge in [0.1, 0.15) is 0 Å². The lowest BCUT2D eigenvalue weighted by Crippen LogP contribution is -2.19. The highest BCUT2D eigenvalue weighted by molar-refractivity contribution is 5.94. The van der Waals surface area contributed by atoms with E-state index in [9.17, 15) is 9.59 Å². The average Bonchev–Trinajstić information content (AvgIpc) is 2.37. The lowest BCUT2D eigenvalue weighted by atomic mass is 10.0. The standard InChI is InChI=1S/C14H15NO3/c1-3-9-7-11(14(17)18)8-10-5-6-12(16)15(4-2)13(9)10/h5-8H,3-4H2,1-2H3,(H,17,18). The lowest BCUT2D eigenvalue weighted by molar-refractivity contribution is 0.0697. The molecular weight excluding hydrogens is 230 g/mol. The highest BCUT2D eigenvalue weighted by atomic mass is 16.4. The van der Waals surface area contributed by atoms with Crippen LogP contribution in [-0.4, -0.2) is 15.6 Å². The summed E-state index contributed by atoms with van der Waals surface area (Å²) in [6.45, 7) is 4.44. The van der Waals surface area contributed by atoms with E-state index >= 15 is 0 Å². The van der Waals surface area contributed by atoms with Crippen molar-refractivity contribution in [3.63, 3.8) is 0 Å². The average molecular weight is 245 g/mol. The molecule has 1 aromatic heterocycles. The van der Waals surface area contributed by atoms with E-state index in [1.54, 1.807) is 22.8 Å². The van der Waals surface area contributed by atoms with Crippen molar-refractivity contribution in [1.29, 1.82) is 0 Å². The van der Waals surface area contributed by atoms with Crippen LogP contribution < -0.4 is 5.56 Å². The predicted molar refractivity (Wildman–Crippen MR) is 70.2 cm³/mol. The number of nitrogens with zero attached hydrogens (tertiary/aromatic N) is 1. The van der Waals surface area contributed by atoms with Gasteiger partial charge >= 0.3 is 5.97 Å². The van der Waals surface area contributed by atoms with Gasteiger partial charge in [-0.05, 0) is 42.5 Å². The molecule has 0 unspecified atom stereocenters. The predicted octanol–water partition coefficient (Wildman–Crippen LogP) is 2.28. The van der Waals surface area contributed by atoms with Crippen molar-refractivity contribution in [2.45, 2.75) is 26.8 Å². The number of hydrogen-bond donors (Lipinski definition) is 1. The van der Waals surface area contributed by atoms with E-state index in [4.69, 9.17) is 5.11 Å². The van der Waals surface area contributed by atoms with Crippen molar-refractivity contribution in [3.05, 3.63) is 45.7 Å². The Labute approximate surface area is 104 Å². The molecule has 0 amide bonds. The van der Waals surface area contributed by atoms with Crippen molar-refractivity contribution < 1.29 is 9.90 Å². The number of aromatic carboxylic acids is 1. The van der Waals surface area contributed by atoms with Crippen molar-refractivity contribution >= 4 is 16.9 Å². The summed E-state index contributed by atoms with van der Waals surface area (Å²) in [5, 5.41) is 9.88. The van der Waals surface area contributed by atoms with Gasteiger partial charge in [0.25, 0.3) is 5.56 Å². The summed E-state index contributed by atoms with van der Waals surface area (Å²) in [6, 6.07) is 6.44. The van der Waals surface area contributed by atoms with Gasteiger partial charge < -0.3 is 9.67 Å². The first-order valence-electron chi connectivity index (χ1n) is 5.98. The van der Waals surface area contributed by atoms with E-state index in [-0.39, 0.29) is 11.1 Å². The first-order chi connectivity index (χ1) is 8.58. The molecule has 2 rings (SSSR count). The largest absolute Gasteiger partial charge is 0.478 e. The van der Waals surface area contributed by atoms with E-state index in [0.29, 0.717) is 13.0 Å². The third-order valence-electron chi connectivity index (χ3n) is 3.10. The molecule has 0 spiro atoms. The lowest BCUT2D eigenvalue weighted by Gasteiger charge is -2.12. The van der Waals surface area contributed by atoms with Gasteiger partial charge in [-0.25, -0.2) is 4.79 Å². The number of aromatic nitrogens is 1. The molecule has 2 aromatic rings. The molecule has 0 bridgehead atoms. The quantitative estimate of drug-likeness (QED) is 0.902. The zero-order valence-electron chi connectivity index (χ0n) is 10.4. The van der Waals surface area contributed by atoms with E-state index in [2.05, 4.69) is 0 Å². The Bertz CT molecular complexity index is 671. The topological polar surface area (TPSA) is 59.3 Å². The SMILES string of the molecule is CCc1cc(C(=O)O)cc2ccc(=O)n(CC)c12. The highest BCUT2D eigenvalue weighted by Gasteiger charge is 2.11. The molecule has 18 heavy (non-hydrogen) atoms. The number of aryl methyl sites for hydroxylation is 2. The van der Waals surface area contributed by atoms with Gasteiger partial charge in [0.05, 0.1) is 11.1 Å². The van der Waals surface area contributed by atoms with Crippen LogP contribution in [0.3, 0.4) is 0 Å². The van der Waals surface area contributed by atoms with E-state index in [0.717, 1.165) is 16.5 Å². The number of carbonyl (C=O) groups is 1. The number of pyridine rings is 1. The van der Waals surface area contributed by atoms with Gasteiger partial charge in [0, 0.05) is 12.6 Å². The Balaban J connectivity index is 2.91. The number of hydrogen-bond acceptors (Lipinski definition) is 2. The van der Waals surface area contributed by atoms with Crippen LogP contribution in [0.5, 0.6) is 0 Å². The van der Waals surface area contributed by atoms with Crippen molar-refractivity contribution in [2.75, 3.05) is 0 Å². The van der Waals surface area contributed by atoms with Gasteiger partial charge in [0.15, 0.2) is 0 Å². The number of carboxylic acids is 1. The molecule has 94 valence electrons. The van der Waals surface area contributed by atoms with E-state index in [1.807, 2.05) is 13.8 Å². The first kappa shape index (κ1) is 12.4. The van der Waals surface area contributed by atoms with Crippen LogP contribution in [0.4, 0.5) is 0 Å². The third-order valence-corrected chi connectivity index (χ3v) is 3.10. The minimum Gasteiger partial charge on any atom is -0.478 e. The summed E-state index contributed by atoms with van der Waals surface area (Å²) in [6.07, 6.45) is 0.696. The van der Waals surface area contributed by atoms with E-state index in [1.165, 1.54) is 6.07 Å². The number of benzene rings is 1. The minimum absolute atomic E-state index is 0.0530. The number of rotatable bonds is 3. The van der Waals surface area contributed by atoms with Gasteiger partial charge in [0.2, 0.25) is 0 Å². The van der Waals surface area contributed by atoms with Crippen molar-refractivity contribution in [3.8, 4) is 0 Å². The van der Waals surface area contributed by atoms with Crippen LogP contribution in [-0.2, 0) is 13.0 Å². The molecule has 0 radical (unpaired) electrons. The molecule has 0 saturated heterocycles. The van der Waals surface area contributed by atoms with Gasteiger partial charge in [-0.1, -0.05) is 6.92 Å². The Kier molecular flexibility index (Phi) is 3.19. The molecule has 0 atom stereocenters. The number of carboxylic acid groups (broad SMARTS) is 1. The van der Waals surface area contributed by atoms with Crippen LogP contribution in [0.25, 0.3) is 10.9 Å². The summed E-state index contributed by atoms with van der Waals surface area (Å²) in [7, 11) is 0. The normalized spacial score (nSPS) is 10.8. The molecular formula is C14H15NO3. The second-order valence-corrected chi connectivity index (χ2v) is 4.15. The van der Waals surface area contributed by atoms with Crippen LogP contribution in [0.1, 0.15) is 29.8 Å². The Morgan fingerprint density at radius 3 is 2.56 bits per heavy atom. The van der Waals surface area contributed by atoms with Gasteiger partial charge in [-0.3, -0.25) is 4.79 Å². The summed E-state index contributed by atoms with van der Waals surface area (Å²) < 4.78 is 1.68. The fraction of sp³-hybridized carbons (Fsp3) is 0.286. The second-order valence-electron chi connectivity index (χ2n) is 4.15. The van der Waals surface area contributed by atoms with Crippen LogP contribution in [0.2, 0.25) is 0 Å². The second kappa shape index (κ2) is 4.64. The van der Waals surface area contributed by atoms with Gasteiger partial charge in [-0.2, -0.15) is 0 Å². The van der Waals surface area contributed by atoms with Crippen molar-refractivity contribution in [2.24, 2.45) is 0 Å². The zero-order chi connectivity index (χ0) is 13.3. The van der Waals surface area contributed by atoms with Crippen LogP contribution >= 0.6 is 0 Å². The molecule has 4 heteroatoms. The molecule has 0 aliphatic rings. The van der Waals surface area contributed by atoms with E-state index < -0.39 is 5.97 Å². The first-order valence-corrected chi connectivity index (χ1v) is 5.98.